The van der Waals surface area contributed by atoms with E-state index in [1.807, 2.05) is 17.0 Å². The van der Waals surface area contributed by atoms with Gasteiger partial charge < -0.3 is 25.1 Å². The molecule has 1 aromatic heterocycles. The van der Waals surface area contributed by atoms with Gasteiger partial charge in [0, 0.05) is 63.1 Å². The number of nitrogens with one attached hydrogen (secondary N) is 3. The van der Waals surface area contributed by atoms with Crippen LogP contribution in [0.15, 0.2) is 36.5 Å². The maximum absolute atomic E-state index is 13.9. The van der Waals surface area contributed by atoms with E-state index in [-0.39, 0.29) is 29.3 Å². The van der Waals surface area contributed by atoms with E-state index >= 15 is 0 Å². The molecule has 4 N–H and O–H groups in total. The number of hydrogen-bond acceptors (Lipinski definition) is 9. The zero-order chi connectivity index (χ0) is 28.3. The molecule has 12 nitrogen and oxygen atoms in total. The molecule has 1 aromatic carbocycles. The summed E-state index contributed by atoms with van der Waals surface area (Å²) < 4.78 is 26.4. The number of rotatable bonds is 6. The van der Waals surface area contributed by atoms with Gasteiger partial charge >= 0.3 is 0 Å². The van der Waals surface area contributed by atoms with E-state index in [9.17, 15) is 18.3 Å². The van der Waals surface area contributed by atoms with Gasteiger partial charge in [-0.2, -0.15) is 5.10 Å². The zero-order valence-corrected chi connectivity index (χ0v) is 24.0. The normalized spacial score (nSPS) is 20.1. The molecule has 3 aliphatic heterocycles. The molecule has 2 aromatic rings. The molecule has 1 amide bonds. The van der Waals surface area contributed by atoms with Crippen LogP contribution in [-0.4, -0.2) is 97.7 Å². The maximum Gasteiger partial charge on any atom is 0.256 e. The quantitative estimate of drug-likeness (QED) is 0.396. The summed E-state index contributed by atoms with van der Waals surface area (Å²) in [6.07, 6.45) is 4.80. The Labute approximate surface area is 239 Å². The molecule has 0 aliphatic carbocycles. The highest BCUT2D eigenvalue weighted by molar-refractivity contribution is 7.92. The molecule has 5 rings (SSSR count). The van der Waals surface area contributed by atoms with Crippen LogP contribution in [0.25, 0.3) is 0 Å². The van der Waals surface area contributed by atoms with Crippen molar-refractivity contribution in [1.82, 2.24) is 25.4 Å². The number of aromatic nitrogens is 3. The number of anilines is 3. The minimum atomic E-state index is -3.61. The van der Waals surface area contributed by atoms with Gasteiger partial charge in [-0.25, -0.2) is 13.4 Å². The third-order valence-corrected chi connectivity index (χ3v) is 8.10. The third-order valence-electron chi connectivity index (χ3n) is 7.28. The Morgan fingerprint density at radius 2 is 1.85 bits per heavy atom. The summed E-state index contributed by atoms with van der Waals surface area (Å²) >= 11 is 6.23. The van der Waals surface area contributed by atoms with Crippen molar-refractivity contribution in [1.29, 1.82) is 0 Å². The van der Waals surface area contributed by atoms with Crippen LogP contribution in [0.2, 0.25) is 5.02 Å². The van der Waals surface area contributed by atoms with Crippen molar-refractivity contribution >= 4 is 44.9 Å². The first-order valence-electron chi connectivity index (χ1n) is 13.4. The highest BCUT2D eigenvalue weighted by atomic mass is 35.5. The molecule has 3 saturated heterocycles. The second-order valence-electron chi connectivity index (χ2n) is 10.4. The fourth-order valence-electron chi connectivity index (χ4n) is 5.23. The Morgan fingerprint density at radius 3 is 2.58 bits per heavy atom. The Balaban J connectivity index is 1.52. The minimum Gasteiger partial charge on any atom is -0.389 e. The van der Waals surface area contributed by atoms with Crippen LogP contribution in [0.1, 0.15) is 41.4 Å². The second kappa shape index (κ2) is 12.2. The Morgan fingerprint density at radius 1 is 1.07 bits per heavy atom. The van der Waals surface area contributed by atoms with E-state index in [2.05, 4.69) is 20.0 Å². The first-order valence-corrected chi connectivity index (χ1v) is 15.7. The Hall–Kier alpha value is -3.13. The summed E-state index contributed by atoms with van der Waals surface area (Å²) in [5, 5.41) is 21.6. The first-order chi connectivity index (χ1) is 19.2. The lowest BCUT2D eigenvalue weighted by Crippen LogP contribution is -2.51. The number of carbonyl (C=O) groups excluding carboxylic acids is 1. The number of β-amino-alcohol motifs (C(OH)–C–C–N with tert-alkyl or cyclic N) is 1. The van der Waals surface area contributed by atoms with Crippen LogP contribution in [0, 0.1) is 0 Å². The summed E-state index contributed by atoms with van der Waals surface area (Å²) in [4.78, 5) is 24.5. The molecule has 1 atom stereocenters. The molecule has 216 valence electrons. The number of H-pyrrole nitrogens is 1. The minimum absolute atomic E-state index is 0.184. The molecule has 1 unspecified atom stereocenters. The number of amides is 1. The number of piperazine rings is 1. The lowest BCUT2D eigenvalue weighted by Gasteiger charge is -2.37. The summed E-state index contributed by atoms with van der Waals surface area (Å²) in [5.41, 5.74) is 1.08. The van der Waals surface area contributed by atoms with Crippen LogP contribution in [0.3, 0.4) is 0 Å². The summed E-state index contributed by atoms with van der Waals surface area (Å²) in [5.74, 6) is 1.12. The number of nitrogens with zero attached hydrogens (tertiary/aromatic N) is 5. The van der Waals surface area contributed by atoms with Crippen molar-refractivity contribution in [2.24, 2.45) is 0 Å². The van der Waals surface area contributed by atoms with E-state index in [0.717, 1.165) is 51.1 Å². The van der Waals surface area contributed by atoms with E-state index in [1.54, 1.807) is 17.2 Å². The fourth-order valence-corrected chi connectivity index (χ4v) is 5.98. The average Bonchev–Trinajstić information content (AvgIpc) is 3.02. The SMILES string of the molecule is CS(=O)(=O)Nc1ccc(Cl)cc1C(=O)N1CCCCC1c1ccnc(N2CC(O)C2)cc(N2CCNCC2)n[nH]1. The molecule has 0 saturated carbocycles. The summed E-state index contributed by atoms with van der Waals surface area (Å²) in [6, 6.07) is 7.97. The molecule has 40 heavy (non-hydrogen) atoms. The molecule has 3 aliphatic rings. The number of piperidine rings is 1. The van der Waals surface area contributed by atoms with Crippen LogP contribution in [0.4, 0.5) is 17.3 Å². The number of benzene rings is 1. The van der Waals surface area contributed by atoms with E-state index < -0.39 is 10.0 Å². The number of hydrogen-bond donors (Lipinski definition) is 4. The number of carbonyl (C=O) groups is 1. The number of aliphatic hydroxyl groups excluding tert-OH is 1. The fraction of sp³-hybridized carbons (Fsp3) is 0.500. The van der Waals surface area contributed by atoms with Gasteiger partial charge in [0.15, 0.2) is 5.82 Å². The molecular weight excluding hydrogens is 556 g/mol. The van der Waals surface area contributed by atoms with Gasteiger partial charge in [-0.3, -0.25) is 14.6 Å². The standard InChI is InChI=1S/C26H35ClN8O4S/c1-40(38,39)32-21-6-5-18(27)14-20(21)26(37)35-11-3-2-4-23(35)22-7-8-29-24(34-16-19(36)17-34)15-25(31-30-22)33-12-9-28-10-13-33/h5-8,14-15,19,23,28,30,32,36H,2-4,9-13,16-17H2,1H3. The average molecular weight is 591 g/mol. The van der Waals surface area contributed by atoms with Gasteiger partial charge in [-0.15, -0.1) is 0 Å². The predicted molar refractivity (Wildman–Crippen MR) is 155 cm³/mol. The lowest BCUT2D eigenvalue weighted by molar-refractivity contribution is 0.0606. The monoisotopic (exact) mass is 590 g/mol. The molecule has 0 radical (unpaired) electrons. The highest BCUT2D eigenvalue weighted by Gasteiger charge is 2.31. The maximum atomic E-state index is 13.9. The van der Waals surface area contributed by atoms with Crippen molar-refractivity contribution in [3.05, 3.63) is 52.8 Å². The van der Waals surface area contributed by atoms with Crippen molar-refractivity contribution < 1.29 is 18.3 Å². The molecule has 3 fully saturated rings. The van der Waals surface area contributed by atoms with Crippen LogP contribution < -0.4 is 19.8 Å². The number of sulfonamides is 1. The van der Waals surface area contributed by atoms with Gasteiger partial charge in [-0.05, 0) is 43.5 Å². The largest absolute Gasteiger partial charge is 0.389 e. The molecule has 14 heteroatoms. The van der Waals surface area contributed by atoms with E-state index in [4.69, 9.17) is 21.7 Å². The van der Waals surface area contributed by atoms with Crippen LogP contribution >= 0.6 is 11.6 Å². The smallest absolute Gasteiger partial charge is 0.256 e. The van der Waals surface area contributed by atoms with Crippen molar-refractivity contribution in [3.63, 3.8) is 0 Å². The molecular formula is C26H35ClN8O4S. The number of aromatic amines is 1. The van der Waals surface area contributed by atoms with Gasteiger partial charge in [0.1, 0.15) is 5.82 Å². The van der Waals surface area contributed by atoms with Crippen LogP contribution in [0.5, 0.6) is 0 Å². The Bertz CT molecular complexity index is 1390. The van der Waals surface area contributed by atoms with Gasteiger partial charge in [0.25, 0.3) is 5.91 Å². The van der Waals surface area contributed by atoms with E-state index in [0.29, 0.717) is 42.6 Å². The number of likely N-dealkylation sites (tertiary alicyclic amines) is 1. The van der Waals surface area contributed by atoms with Crippen LogP contribution in [-0.2, 0) is 10.0 Å². The predicted octanol–water partition coefficient (Wildman–Crippen LogP) is 1.91. The second-order valence-corrected chi connectivity index (χ2v) is 12.5. The first kappa shape index (κ1) is 28.4. The van der Waals surface area contributed by atoms with Crippen molar-refractivity contribution in [2.45, 2.75) is 31.4 Å². The Kier molecular flexibility index (Phi) is 8.64. The molecule has 4 heterocycles. The highest BCUT2D eigenvalue weighted by Crippen LogP contribution is 2.33. The van der Waals surface area contributed by atoms with Gasteiger partial charge in [0.2, 0.25) is 10.0 Å². The number of aliphatic hydroxyl groups is 1. The van der Waals surface area contributed by atoms with Crippen molar-refractivity contribution in [3.8, 4) is 0 Å². The topological polar surface area (TPSA) is 147 Å². The van der Waals surface area contributed by atoms with Gasteiger partial charge in [0.05, 0.1) is 35.3 Å². The zero-order valence-electron chi connectivity index (χ0n) is 22.4. The van der Waals surface area contributed by atoms with Gasteiger partial charge in [-0.1, -0.05) is 11.6 Å². The van der Waals surface area contributed by atoms with Crippen molar-refractivity contribution in [2.75, 3.05) is 66.6 Å². The number of halogens is 1. The summed E-state index contributed by atoms with van der Waals surface area (Å²) in [6.45, 7) is 4.76. The third kappa shape index (κ3) is 6.77. The summed E-state index contributed by atoms with van der Waals surface area (Å²) in [7, 11) is -3.61. The van der Waals surface area contributed by atoms with E-state index in [1.165, 1.54) is 12.1 Å². The lowest BCUT2D eigenvalue weighted by atomic mass is 9.98. The molecule has 0 bridgehead atoms. The molecule has 0 spiro atoms.